The van der Waals surface area contributed by atoms with Gasteiger partial charge < -0.3 is 30.7 Å². The second-order valence-electron chi connectivity index (χ2n) is 11.8. The summed E-state index contributed by atoms with van der Waals surface area (Å²) in [5.41, 5.74) is 8.07. The van der Waals surface area contributed by atoms with Gasteiger partial charge in [-0.3, -0.25) is 4.79 Å². The Balaban J connectivity index is 1.31. The summed E-state index contributed by atoms with van der Waals surface area (Å²) in [5, 5.41) is 3.30. The summed E-state index contributed by atoms with van der Waals surface area (Å²) in [4.78, 5) is 42.3. The zero-order valence-electron chi connectivity index (χ0n) is 23.7. The lowest BCUT2D eigenvalue weighted by atomic mass is 9.74. The van der Waals surface area contributed by atoms with E-state index < -0.39 is 5.91 Å². The molecule has 10 heteroatoms. The molecule has 3 fully saturated rings. The fourth-order valence-corrected chi connectivity index (χ4v) is 6.14. The molecule has 0 bridgehead atoms. The quantitative estimate of drug-likeness (QED) is 0.560. The highest BCUT2D eigenvalue weighted by Gasteiger charge is 2.35. The van der Waals surface area contributed by atoms with E-state index in [0.29, 0.717) is 24.2 Å². The Morgan fingerprint density at radius 1 is 1.10 bits per heavy atom. The number of hydrogen-bond donors (Lipinski definition) is 2. The molecule has 1 atom stereocenters. The van der Waals surface area contributed by atoms with Crippen molar-refractivity contribution in [2.45, 2.75) is 64.0 Å². The van der Waals surface area contributed by atoms with Crippen LogP contribution in [0.25, 0.3) is 0 Å². The van der Waals surface area contributed by atoms with Gasteiger partial charge in [0.1, 0.15) is 5.82 Å². The number of piperidine rings is 2. The van der Waals surface area contributed by atoms with Gasteiger partial charge in [0.25, 0.3) is 5.91 Å². The molecule has 3 aliphatic heterocycles. The third-order valence-corrected chi connectivity index (χ3v) is 8.88. The van der Waals surface area contributed by atoms with Crippen molar-refractivity contribution in [1.29, 1.82) is 0 Å². The molecule has 1 aromatic heterocycles. The molecule has 0 saturated carbocycles. The number of likely N-dealkylation sites (tertiary alicyclic amines) is 1. The fourth-order valence-electron chi connectivity index (χ4n) is 6.14. The molecule has 2 aromatic rings. The zero-order chi connectivity index (χ0) is 27.7. The number of carbonyl (C=O) groups excluding carboxylic acids is 2. The molecule has 0 radical (unpaired) electrons. The lowest BCUT2D eigenvalue weighted by Gasteiger charge is -2.41. The Hall–Kier alpha value is -3.40. The van der Waals surface area contributed by atoms with Crippen molar-refractivity contribution in [2.75, 3.05) is 56.5 Å². The molecule has 210 valence electrons. The molecular formula is C29H42N8O2. The monoisotopic (exact) mass is 534 g/mol. The minimum absolute atomic E-state index is 0.0853. The van der Waals surface area contributed by atoms with Gasteiger partial charge in [0.15, 0.2) is 11.5 Å². The van der Waals surface area contributed by atoms with Crippen LogP contribution in [-0.2, 0) is 5.41 Å². The molecule has 0 aliphatic carbocycles. The average Bonchev–Trinajstić information content (AvgIpc) is 3.27. The maximum atomic E-state index is 12.6. The first-order valence-electron chi connectivity index (χ1n) is 14.2. The summed E-state index contributed by atoms with van der Waals surface area (Å²) >= 11 is 0. The van der Waals surface area contributed by atoms with E-state index in [-0.39, 0.29) is 23.2 Å². The van der Waals surface area contributed by atoms with E-state index in [4.69, 9.17) is 10.7 Å². The first-order valence-corrected chi connectivity index (χ1v) is 14.2. The van der Waals surface area contributed by atoms with Crippen LogP contribution in [0.2, 0.25) is 0 Å². The van der Waals surface area contributed by atoms with E-state index in [1.54, 1.807) is 11.1 Å². The van der Waals surface area contributed by atoms with E-state index in [1.807, 2.05) is 24.1 Å². The van der Waals surface area contributed by atoms with Crippen LogP contribution in [0.15, 0.2) is 30.5 Å². The summed E-state index contributed by atoms with van der Waals surface area (Å²) in [7, 11) is 1.84. The number of nitrogens with zero attached hydrogens (tertiary/aromatic N) is 6. The van der Waals surface area contributed by atoms with Gasteiger partial charge in [0, 0.05) is 45.0 Å². The van der Waals surface area contributed by atoms with Crippen LogP contribution < -0.4 is 16.0 Å². The van der Waals surface area contributed by atoms with Crippen molar-refractivity contribution < 1.29 is 9.59 Å². The van der Waals surface area contributed by atoms with E-state index in [0.717, 1.165) is 64.1 Å². The van der Waals surface area contributed by atoms with Crippen LogP contribution in [0, 0.1) is 0 Å². The summed E-state index contributed by atoms with van der Waals surface area (Å²) < 4.78 is 0. The molecule has 3 amide bonds. The Bertz CT molecular complexity index is 1190. The third kappa shape index (κ3) is 5.66. The highest BCUT2D eigenvalue weighted by molar-refractivity contribution is 5.96. The SMILES string of the molecule is CC(C)N1CCC(C)(c2ccc(Nc3nc(N4CCCC(N5CCN(C)C5=O)C4)cnc3C(N)=O)cc2)CC1. The standard InChI is InChI=1S/C29H42N8O2/c1-20(2)35-14-11-29(3,12-15-35)21-7-9-22(10-8-21)32-27-25(26(30)38)31-18-24(33-27)36-13-5-6-23(19-36)37-17-16-34(4)28(37)39/h7-10,18,20,23H,5-6,11-17,19H2,1-4H3,(H2,30,38)(H,32,33). The molecule has 39 heavy (non-hydrogen) atoms. The molecule has 3 saturated heterocycles. The van der Waals surface area contributed by atoms with E-state index in [9.17, 15) is 9.59 Å². The lowest BCUT2D eigenvalue weighted by molar-refractivity contribution is 0.0996. The number of nitrogens with two attached hydrogens (primary N) is 1. The first-order chi connectivity index (χ1) is 18.6. The molecular weight excluding hydrogens is 492 g/mol. The van der Waals surface area contributed by atoms with E-state index in [2.05, 4.69) is 53.0 Å². The number of aromatic nitrogens is 2. The van der Waals surface area contributed by atoms with Gasteiger partial charge in [0.2, 0.25) is 0 Å². The number of rotatable bonds is 7. The highest BCUT2D eigenvalue weighted by Crippen LogP contribution is 2.36. The molecule has 3 N–H and O–H groups in total. The summed E-state index contributed by atoms with van der Waals surface area (Å²) in [6.07, 6.45) is 5.80. The molecule has 10 nitrogen and oxygen atoms in total. The van der Waals surface area contributed by atoms with Gasteiger partial charge in [-0.2, -0.15) is 0 Å². The second-order valence-corrected chi connectivity index (χ2v) is 11.8. The van der Waals surface area contributed by atoms with E-state index in [1.165, 1.54) is 5.56 Å². The molecule has 4 heterocycles. The fraction of sp³-hybridized carbons (Fsp3) is 0.586. The second kappa shape index (κ2) is 11.0. The molecule has 1 unspecified atom stereocenters. The zero-order valence-corrected chi connectivity index (χ0v) is 23.7. The average molecular weight is 535 g/mol. The van der Waals surface area contributed by atoms with Gasteiger partial charge in [-0.05, 0) is 75.7 Å². The van der Waals surface area contributed by atoms with Crippen LogP contribution in [0.5, 0.6) is 0 Å². The third-order valence-electron chi connectivity index (χ3n) is 8.88. The largest absolute Gasteiger partial charge is 0.364 e. The number of carbonyl (C=O) groups is 2. The number of nitrogens with one attached hydrogen (secondary N) is 1. The predicted molar refractivity (Wildman–Crippen MR) is 154 cm³/mol. The van der Waals surface area contributed by atoms with Gasteiger partial charge in [0.05, 0.1) is 12.2 Å². The van der Waals surface area contributed by atoms with Crippen molar-refractivity contribution in [2.24, 2.45) is 5.73 Å². The highest BCUT2D eigenvalue weighted by atomic mass is 16.2. The number of urea groups is 1. The van der Waals surface area contributed by atoms with Gasteiger partial charge >= 0.3 is 6.03 Å². The summed E-state index contributed by atoms with van der Waals surface area (Å²) in [6, 6.07) is 9.23. The van der Waals surface area contributed by atoms with Crippen molar-refractivity contribution in [3.8, 4) is 0 Å². The normalized spacial score (nSPS) is 22.0. The molecule has 0 spiro atoms. The lowest BCUT2D eigenvalue weighted by Crippen LogP contribution is -2.49. The van der Waals surface area contributed by atoms with Gasteiger partial charge in [-0.1, -0.05) is 19.1 Å². The molecule has 1 aromatic carbocycles. The Morgan fingerprint density at radius 2 is 1.82 bits per heavy atom. The maximum Gasteiger partial charge on any atom is 0.320 e. The van der Waals surface area contributed by atoms with Gasteiger partial charge in [-0.15, -0.1) is 0 Å². The Kier molecular flexibility index (Phi) is 7.66. The summed E-state index contributed by atoms with van der Waals surface area (Å²) in [5.74, 6) is 0.399. The van der Waals surface area contributed by atoms with Crippen LogP contribution in [-0.4, -0.2) is 95.0 Å². The minimum atomic E-state index is -0.625. The smallest absolute Gasteiger partial charge is 0.320 e. The number of anilines is 3. The Morgan fingerprint density at radius 3 is 2.44 bits per heavy atom. The molecule has 5 rings (SSSR count). The van der Waals surface area contributed by atoms with Crippen molar-refractivity contribution >= 4 is 29.3 Å². The number of likely N-dealkylation sites (N-methyl/N-ethyl adjacent to an activating group) is 1. The van der Waals surface area contributed by atoms with E-state index >= 15 is 0 Å². The number of primary amides is 1. The maximum absolute atomic E-state index is 12.6. The van der Waals surface area contributed by atoms with Crippen LogP contribution in [0.1, 0.15) is 62.5 Å². The number of benzene rings is 1. The number of amides is 3. The van der Waals surface area contributed by atoms with Crippen molar-refractivity contribution in [1.82, 2.24) is 24.7 Å². The predicted octanol–water partition coefficient (Wildman–Crippen LogP) is 3.42. The minimum Gasteiger partial charge on any atom is -0.364 e. The first kappa shape index (κ1) is 27.2. The van der Waals surface area contributed by atoms with Crippen LogP contribution in [0.3, 0.4) is 0 Å². The summed E-state index contributed by atoms with van der Waals surface area (Å²) in [6.45, 7) is 12.1. The Labute approximate surface area is 231 Å². The molecule has 3 aliphatic rings. The van der Waals surface area contributed by atoms with Crippen molar-refractivity contribution in [3.05, 3.63) is 41.7 Å². The van der Waals surface area contributed by atoms with Crippen molar-refractivity contribution in [3.63, 3.8) is 0 Å². The van der Waals surface area contributed by atoms with Crippen LogP contribution in [0.4, 0.5) is 22.1 Å². The topological polar surface area (TPSA) is 111 Å². The number of hydrogen-bond acceptors (Lipinski definition) is 7. The van der Waals surface area contributed by atoms with Crippen LogP contribution >= 0.6 is 0 Å². The van der Waals surface area contributed by atoms with Gasteiger partial charge in [-0.25, -0.2) is 14.8 Å².